The molecule has 1 heterocycles. The molecule has 6 heteroatoms. The highest BCUT2D eigenvalue weighted by molar-refractivity contribution is 5.94. The SMILES string of the molecule is COC(=O)c1ccc2c(c1)nc(Nc1ccc(OC)cc1)n2C1(c2ccccc2)CC1. The second-order valence-electron chi connectivity index (χ2n) is 7.72. The van der Waals surface area contributed by atoms with Gasteiger partial charge in [-0.1, -0.05) is 30.3 Å². The molecule has 0 radical (unpaired) electrons. The molecule has 1 fully saturated rings. The lowest BCUT2D eigenvalue weighted by Gasteiger charge is -2.22. The Labute approximate surface area is 180 Å². The Morgan fingerprint density at radius 1 is 1.00 bits per heavy atom. The highest BCUT2D eigenvalue weighted by Gasteiger charge is 2.48. The van der Waals surface area contributed by atoms with Gasteiger partial charge in [-0.3, -0.25) is 4.57 Å². The second-order valence-corrected chi connectivity index (χ2v) is 7.72. The molecule has 1 aromatic heterocycles. The number of nitrogens with zero attached hydrogens (tertiary/aromatic N) is 2. The van der Waals surface area contributed by atoms with E-state index in [1.54, 1.807) is 19.2 Å². The van der Waals surface area contributed by atoms with Gasteiger partial charge in [-0.2, -0.15) is 0 Å². The lowest BCUT2D eigenvalue weighted by Crippen LogP contribution is -2.20. The van der Waals surface area contributed by atoms with Crippen LogP contribution in [-0.4, -0.2) is 29.7 Å². The minimum atomic E-state index is -0.370. The molecule has 1 saturated carbocycles. The van der Waals surface area contributed by atoms with Crippen molar-refractivity contribution in [3.05, 3.63) is 83.9 Å². The van der Waals surface area contributed by atoms with Crippen molar-refractivity contribution in [3.63, 3.8) is 0 Å². The summed E-state index contributed by atoms with van der Waals surface area (Å²) < 4.78 is 12.4. The van der Waals surface area contributed by atoms with Crippen molar-refractivity contribution in [2.45, 2.75) is 18.4 Å². The Hall–Kier alpha value is -3.80. The second kappa shape index (κ2) is 7.47. The van der Waals surface area contributed by atoms with Crippen LogP contribution in [-0.2, 0) is 10.3 Å². The van der Waals surface area contributed by atoms with Gasteiger partial charge in [-0.05, 0) is 60.9 Å². The van der Waals surface area contributed by atoms with Crippen LogP contribution >= 0.6 is 0 Å². The topological polar surface area (TPSA) is 65.4 Å². The highest BCUT2D eigenvalue weighted by Crippen LogP contribution is 2.52. The summed E-state index contributed by atoms with van der Waals surface area (Å²) in [5, 5.41) is 3.47. The number of imidazole rings is 1. The van der Waals surface area contributed by atoms with E-state index in [1.165, 1.54) is 12.7 Å². The standard InChI is InChI=1S/C25H23N3O3/c1-30-20-11-9-19(10-12-20)26-24-27-21-16-17(23(29)31-2)8-13-22(21)28(24)25(14-15-25)18-6-4-3-5-7-18/h3-13,16H,14-15H2,1-2H3,(H,26,27). The summed E-state index contributed by atoms with van der Waals surface area (Å²) >= 11 is 0. The maximum atomic E-state index is 12.0. The number of methoxy groups -OCH3 is 2. The zero-order valence-corrected chi connectivity index (χ0v) is 17.5. The molecular formula is C25H23N3O3. The molecule has 31 heavy (non-hydrogen) atoms. The van der Waals surface area contributed by atoms with Crippen LogP contribution in [0.4, 0.5) is 11.6 Å². The molecule has 4 aromatic rings. The maximum absolute atomic E-state index is 12.0. The number of nitrogens with one attached hydrogen (secondary N) is 1. The Balaban J connectivity index is 1.65. The van der Waals surface area contributed by atoms with E-state index in [9.17, 15) is 4.79 Å². The summed E-state index contributed by atoms with van der Waals surface area (Å²) in [4.78, 5) is 16.9. The molecule has 1 aliphatic carbocycles. The van der Waals surface area contributed by atoms with Crippen molar-refractivity contribution in [2.24, 2.45) is 0 Å². The summed E-state index contributed by atoms with van der Waals surface area (Å²) in [6, 6.07) is 23.8. The van der Waals surface area contributed by atoms with E-state index in [0.29, 0.717) is 5.56 Å². The highest BCUT2D eigenvalue weighted by atomic mass is 16.5. The number of benzene rings is 3. The monoisotopic (exact) mass is 413 g/mol. The molecule has 5 rings (SSSR count). The molecule has 0 atom stereocenters. The largest absolute Gasteiger partial charge is 0.497 e. The van der Waals surface area contributed by atoms with Gasteiger partial charge in [0.05, 0.1) is 36.4 Å². The van der Waals surface area contributed by atoms with Gasteiger partial charge in [-0.15, -0.1) is 0 Å². The minimum absolute atomic E-state index is 0.155. The van der Waals surface area contributed by atoms with Crippen molar-refractivity contribution in [2.75, 3.05) is 19.5 Å². The third kappa shape index (κ3) is 3.30. The average molecular weight is 413 g/mol. The fourth-order valence-corrected chi connectivity index (χ4v) is 4.15. The lowest BCUT2D eigenvalue weighted by atomic mass is 10.0. The van der Waals surface area contributed by atoms with Crippen LogP contribution in [0.15, 0.2) is 72.8 Å². The maximum Gasteiger partial charge on any atom is 0.337 e. The third-order valence-corrected chi connectivity index (χ3v) is 5.88. The number of rotatable bonds is 6. The molecule has 6 nitrogen and oxygen atoms in total. The first-order valence-corrected chi connectivity index (χ1v) is 10.2. The Bertz CT molecular complexity index is 1240. The summed E-state index contributed by atoms with van der Waals surface area (Å²) in [5.41, 5.74) is 4.22. The molecular weight excluding hydrogens is 390 g/mol. The van der Waals surface area contributed by atoms with Crippen LogP contribution in [0.3, 0.4) is 0 Å². The third-order valence-electron chi connectivity index (χ3n) is 5.88. The summed E-state index contributed by atoms with van der Waals surface area (Å²) in [7, 11) is 3.04. The van der Waals surface area contributed by atoms with E-state index < -0.39 is 0 Å². The van der Waals surface area contributed by atoms with Gasteiger partial charge in [0.25, 0.3) is 0 Å². The average Bonchev–Trinajstić information content (AvgIpc) is 3.54. The van der Waals surface area contributed by atoms with Crippen LogP contribution < -0.4 is 10.1 Å². The van der Waals surface area contributed by atoms with Crippen molar-refractivity contribution in [1.29, 1.82) is 0 Å². The molecule has 0 bridgehead atoms. The van der Waals surface area contributed by atoms with E-state index in [4.69, 9.17) is 14.5 Å². The Morgan fingerprint density at radius 2 is 1.74 bits per heavy atom. The molecule has 1 aliphatic rings. The number of ether oxygens (including phenoxy) is 2. The van der Waals surface area contributed by atoms with Gasteiger partial charge in [0.15, 0.2) is 0 Å². The molecule has 0 amide bonds. The quantitative estimate of drug-likeness (QED) is 0.445. The van der Waals surface area contributed by atoms with E-state index in [0.717, 1.165) is 41.3 Å². The number of carbonyl (C=O) groups excluding carboxylic acids is 1. The van der Waals surface area contributed by atoms with Crippen LogP contribution in [0.25, 0.3) is 11.0 Å². The number of anilines is 2. The number of carbonyl (C=O) groups is 1. The van der Waals surface area contributed by atoms with Gasteiger partial charge in [0.2, 0.25) is 5.95 Å². The number of hydrogen-bond donors (Lipinski definition) is 1. The molecule has 1 N–H and O–H groups in total. The summed E-state index contributed by atoms with van der Waals surface area (Å²) in [5.74, 6) is 1.17. The summed E-state index contributed by atoms with van der Waals surface area (Å²) in [6.45, 7) is 0. The van der Waals surface area contributed by atoms with E-state index in [2.05, 4.69) is 34.1 Å². The number of esters is 1. The van der Waals surface area contributed by atoms with Crippen molar-refractivity contribution in [3.8, 4) is 5.75 Å². The lowest BCUT2D eigenvalue weighted by molar-refractivity contribution is 0.0601. The van der Waals surface area contributed by atoms with E-state index in [-0.39, 0.29) is 11.5 Å². The molecule has 0 spiro atoms. The fraction of sp³-hybridized carbons (Fsp3) is 0.200. The Morgan fingerprint density at radius 3 is 2.39 bits per heavy atom. The molecule has 0 aliphatic heterocycles. The molecule has 3 aromatic carbocycles. The van der Waals surface area contributed by atoms with Gasteiger partial charge in [0.1, 0.15) is 5.75 Å². The van der Waals surface area contributed by atoms with E-state index >= 15 is 0 Å². The van der Waals surface area contributed by atoms with Gasteiger partial charge in [-0.25, -0.2) is 9.78 Å². The van der Waals surface area contributed by atoms with Crippen LogP contribution in [0, 0.1) is 0 Å². The Kier molecular flexibility index (Phi) is 4.62. The number of fused-ring (bicyclic) bond motifs is 1. The first kappa shape index (κ1) is 19.2. The molecule has 0 unspecified atom stereocenters. The predicted molar refractivity (Wildman–Crippen MR) is 120 cm³/mol. The number of hydrogen-bond acceptors (Lipinski definition) is 5. The van der Waals surface area contributed by atoms with Crippen LogP contribution in [0.1, 0.15) is 28.8 Å². The van der Waals surface area contributed by atoms with Crippen molar-refractivity contribution >= 4 is 28.6 Å². The zero-order chi connectivity index (χ0) is 21.4. The van der Waals surface area contributed by atoms with Gasteiger partial charge >= 0.3 is 5.97 Å². The van der Waals surface area contributed by atoms with Crippen molar-refractivity contribution < 1.29 is 14.3 Å². The first-order chi connectivity index (χ1) is 15.1. The normalized spacial score (nSPS) is 14.3. The first-order valence-electron chi connectivity index (χ1n) is 10.2. The number of aromatic nitrogens is 2. The zero-order valence-electron chi connectivity index (χ0n) is 17.5. The van der Waals surface area contributed by atoms with E-state index in [1.807, 2.05) is 36.4 Å². The van der Waals surface area contributed by atoms with Crippen LogP contribution in [0.5, 0.6) is 5.75 Å². The van der Waals surface area contributed by atoms with Crippen LogP contribution in [0.2, 0.25) is 0 Å². The smallest absolute Gasteiger partial charge is 0.337 e. The molecule has 156 valence electrons. The predicted octanol–water partition coefficient (Wildman–Crippen LogP) is 5.11. The van der Waals surface area contributed by atoms with Crippen molar-refractivity contribution in [1.82, 2.24) is 9.55 Å². The minimum Gasteiger partial charge on any atom is -0.497 e. The van der Waals surface area contributed by atoms with Gasteiger partial charge in [0, 0.05) is 5.69 Å². The van der Waals surface area contributed by atoms with Gasteiger partial charge < -0.3 is 14.8 Å². The summed E-state index contributed by atoms with van der Waals surface area (Å²) in [6.07, 6.45) is 2.05. The fourth-order valence-electron chi connectivity index (χ4n) is 4.15. The molecule has 0 saturated heterocycles.